The Morgan fingerprint density at radius 1 is 1.15 bits per heavy atom. The summed E-state index contributed by atoms with van der Waals surface area (Å²) in [5.74, 6) is -0.0206. The number of hydrogen-bond acceptors (Lipinski definition) is 6. The number of primary amides is 1. The van der Waals surface area contributed by atoms with Crippen LogP contribution < -0.4 is 11.1 Å². The average molecular weight is 375 g/mol. The molecule has 0 fully saturated rings. The fraction of sp³-hybridized carbons (Fsp3) is 0.200. The number of aryl methyl sites for hydroxylation is 1. The average Bonchev–Trinajstić information content (AvgIpc) is 3.23. The number of hydrogen-bond donors (Lipinski definition) is 2. The molecular weight excluding hydrogens is 360 g/mol. The Morgan fingerprint density at radius 3 is 2.65 bits per heavy atom. The summed E-state index contributed by atoms with van der Waals surface area (Å²) in [6.45, 7) is 0.231. The number of nitrogens with zero attached hydrogens (tertiary/aromatic N) is 6. The molecule has 0 aliphatic heterocycles. The summed E-state index contributed by atoms with van der Waals surface area (Å²) in [5, 5.41) is 19.3. The third-order valence-corrected chi connectivity index (χ3v) is 3.59. The van der Waals surface area contributed by atoms with Gasteiger partial charge < -0.3 is 11.1 Å². The maximum Gasteiger partial charge on any atom is 0.249 e. The predicted octanol–water partition coefficient (Wildman–Crippen LogP) is 0.704. The van der Waals surface area contributed by atoms with E-state index in [1.54, 1.807) is 36.5 Å². The topological polar surface area (TPSA) is 134 Å². The summed E-state index contributed by atoms with van der Waals surface area (Å²) in [6.07, 6.45) is 1.82. The summed E-state index contributed by atoms with van der Waals surface area (Å²) in [5.41, 5.74) is 5.83. The van der Waals surface area contributed by atoms with Crippen LogP contribution in [0.25, 0.3) is 11.4 Å². The Hall–Kier alpha value is -3.27. The second kappa shape index (κ2) is 7.74. The van der Waals surface area contributed by atoms with Gasteiger partial charge in [0.1, 0.15) is 6.54 Å². The lowest BCUT2D eigenvalue weighted by molar-refractivity contribution is -0.118. The van der Waals surface area contributed by atoms with Crippen LogP contribution in [0.2, 0.25) is 5.02 Å². The number of tetrazole rings is 1. The van der Waals surface area contributed by atoms with Gasteiger partial charge >= 0.3 is 0 Å². The van der Waals surface area contributed by atoms with Crippen molar-refractivity contribution in [2.45, 2.75) is 19.5 Å². The van der Waals surface area contributed by atoms with Gasteiger partial charge in [0, 0.05) is 35.8 Å². The summed E-state index contributed by atoms with van der Waals surface area (Å²) in [7, 11) is 0. The summed E-state index contributed by atoms with van der Waals surface area (Å²) >= 11 is 5.84. The Balaban J connectivity index is 1.57. The van der Waals surface area contributed by atoms with Crippen LogP contribution in [-0.4, -0.2) is 41.8 Å². The van der Waals surface area contributed by atoms with Crippen molar-refractivity contribution >= 4 is 29.2 Å². The standard InChI is InChI=1S/C15H15ClN8O2/c16-11-3-1-10(2-4-11)15-19-22-24(21-15)9-14(26)18-13-6-8-23(20-13)7-5-12(17)25/h1-4,6,8H,5,7,9H2,(H2,17,25)(H,18,20,26). The fourth-order valence-electron chi connectivity index (χ4n) is 2.11. The van der Waals surface area contributed by atoms with Gasteiger partial charge in [-0.2, -0.15) is 9.90 Å². The van der Waals surface area contributed by atoms with Gasteiger partial charge in [-0.3, -0.25) is 14.3 Å². The molecule has 0 atom stereocenters. The van der Waals surface area contributed by atoms with Gasteiger partial charge in [-0.1, -0.05) is 11.6 Å². The number of halogens is 1. The summed E-state index contributed by atoms with van der Waals surface area (Å²) < 4.78 is 1.52. The van der Waals surface area contributed by atoms with Gasteiger partial charge in [0.25, 0.3) is 0 Å². The van der Waals surface area contributed by atoms with Crippen LogP contribution in [0.4, 0.5) is 5.82 Å². The maximum atomic E-state index is 12.1. The molecular formula is C15H15ClN8O2. The summed E-state index contributed by atoms with van der Waals surface area (Å²) in [4.78, 5) is 24.0. The van der Waals surface area contributed by atoms with Crippen LogP contribution in [0.1, 0.15) is 6.42 Å². The van der Waals surface area contributed by atoms with Gasteiger partial charge in [-0.05, 0) is 29.5 Å². The number of benzene rings is 1. The number of carbonyl (C=O) groups is 2. The number of nitrogens with two attached hydrogens (primary N) is 1. The molecule has 1 aromatic carbocycles. The van der Waals surface area contributed by atoms with Crippen LogP contribution in [0.15, 0.2) is 36.5 Å². The van der Waals surface area contributed by atoms with E-state index in [1.807, 2.05) is 0 Å². The van der Waals surface area contributed by atoms with Gasteiger partial charge in [0.2, 0.25) is 17.6 Å². The Morgan fingerprint density at radius 2 is 1.92 bits per heavy atom. The molecule has 2 amide bonds. The second-order valence-electron chi connectivity index (χ2n) is 5.38. The minimum absolute atomic E-state index is 0.116. The van der Waals surface area contributed by atoms with Crippen LogP contribution >= 0.6 is 11.6 Å². The van der Waals surface area contributed by atoms with Gasteiger partial charge in [-0.25, -0.2) is 0 Å². The molecule has 134 valence electrons. The fourth-order valence-corrected chi connectivity index (χ4v) is 2.24. The van der Waals surface area contributed by atoms with Crippen molar-refractivity contribution in [2.24, 2.45) is 5.73 Å². The number of rotatable bonds is 7. The van der Waals surface area contributed by atoms with Crippen LogP contribution in [0, 0.1) is 0 Å². The Bertz CT molecular complexity index is 918. The molecule has 0 unspecified atom stereocenters. The smallest absolute Gasteiger partial charge is 0.249 e. The molecule has 26 heavy (non-hydrogen) atoms. The largest absolute Gasteiger partial charge is 0.370 e. The third kappa shape index (κ3) is 4.63. The first kappa shape index (κ1) is 17.5. The third-order valence-electron chi connectivity index (χ3n) is 3.34. The van der Waals surface area contributed by atoms with E-state index in [1.165, 1.54) is 9.48 Å². The highest BCUT2D eigenvalue weighted by atomic mass is 35.5. The molecule has 0 bridgehead atoms. The zero-order chi connectivity index (χ0) is 18.5. The molecule has 11 heteroatoms. The van der Waals surface area contributed by atoms with Crippen molar-refractivity contribution in [3.8, 4) is 11.4 Å². The number of anilines is 1. The zero-order valence-electron chi connectivity index (χ0n) is 13.5. The van der Waals surface area contributed by atoms with E-state index >= 15 is 0 Å². The number of aromatic nitrogens is 6. The molecule has 10 nitrogen and oxygen atoms in total. The van der Waals surface area contributed by atoms with Crippen molar-refractivity contribution in [2.75, 3.05) is 5.32 Å². The van der Waals surface area contributed by atoms with E-state index < -0.39 is 5.91 Å². The lowest BCUT2D eigenvalue weighted by Gasteiger charge is -2.01. The first-order valence-corrected chi connectivity index (χ1v) is 8.03. The Labute approximate surface area is 152 Å². The molecule has 0 aliphatic rings. The molecule has 0 radical (unpaired) electrons. The SMILES string of the molecule is NC(=O)CCn1ccc(NC(=O)Cn2nnc(-c3ccc(Cl)cc3)n2)n1. The minimum atomic E-state index is -0.417. The van der Waals surface area contributed by atoms with Crippen molar-refractivity contribution in [3.63, 3.8) is 0 Å². The number of nitrogens with one attached hydrogen (secondary N) is 1. The lowest BCUT2D eigenvalue weighted by Crippen LogP contribution is -2.21. The quantitative estimate of drug-likeness (QED) is 0.625. The van der Waals surface area contributed by atoms with Crippen LogP contribution in [0.3, 0.4) is 0 Å². The molecule has 2 heterocycles. The van der Waals surface area contributed by atoms with Crippen molar-refractivity contribution in [3.05, 3.63) is 41.6 Å². The first-order chi connectivity index (χ1) is 12.5. The lowest BCUT2D eigenvalue weighted by atomic mass is 10.2. The van der Waals surface area contributed by atoms with E-state index in [9.17, 15) is 9.59 Å². The molecule has 3 aromatic rings. The highest BCUT2D eigenvalue weighted by Gasteiger charge is 2.11. The Kier molecular flexibility index (Phi) is 5.23. The van der Waals surface area contributed by atoms with Crippen molar-refractivity contribution in [1.82, 2.24) is 30.0 Å². The van der Waals surface area contributed by atoms with Crippen LogP contribution in [0.5, 0.6) is 0 Å². The molecule has 3 N–H and O–H groups in total. The molecule has 0 spiro atoms. The van der Waals surface area contributed by atoms with E-state index in [0.29, 0.717) is 23.2 Å². The molecule has 0 aliphatic carbocycles. The van der Waals surface area contributed by atoms with E-state index in [2.05, 4.69) is 25.8 Å². The maximum absolute atomic E-state index is 12.1. The minimum Gasteiger partial charge on any atom is -0.370 e. The van der Waals surface area contributed by atoms with Gasteiger partial charge in [0.05, 0.1) is 0 Å². The highest BCUT2D eigenvalue weighted by Crippen LogP contribution is 2.16. The van der Waals surface area contributed by atoms with E-state index in [4.69, 9.17) is 17.3 Å². The van der Waals surface area contributed by atoms with Gasteiger partial charge in [-0.15, -0.1) is 10.2 Å². The van der Waals surface area contributed by atoms with E-state index in [0.717, 1.165) is 5.56 Å². The monoisotopic (exact) mass is 374 g/mol. The second-order valence-corrected chi connectivity index (χ2v) is 5.82. The summed E-state index contributed by atoms with van der Waals surface area (Å²) in [6, 6.07) is 8.59. The normalized spacial score (nSPS) is 10.7. The van der Waals surface area contributed by atoms with Crippen molar-refractivity contribution < 1.29 is 9.59 Å². The van der Waals surface area contributed by atoms with E-state index in [-0.39, 0.29) is 18.9 Å². The first-order valence-electron chi connectivity index (χ1n) is 7.65. The molecule has 0 saturated carbocycles. The van der Waals surface area contributed by atoms with Crippen molar-refractivity contribution in [1.29, 1.82) is 0 Å². The zero-order valence-corrected chi connectivity index (χ0v) is 14.3. The molecule has 3 rings (SSSR count). The number of carbonyl (C=O) groups excluding carboxylic acids is 2. The number of amides is 2. The van der Waals surface area contributed by atoms with Crippen LogP contribution in [-0.2, 0) is 22.7 Å². The molecule has 0 saturated heterocycles. The molecule has 2 aromatic heterocycles. The van der Waals surface area contributed by atoms with Gasteiger partial charge in [0.15, 0.2) is 5.82 Å². The predicted molar refractivity (Wildman–Crippen MR) is 92.9 cm³/mol. The highest BCUT2D eigenvalue weighted by molar-refractivity contribution is 6.30.